The van der Waals surface area contributed by atoms with Crippen LogP contribution in [0.1, 0.15) is 17.9 Å². The first-order valence-corrected chi connectivity index (χ1v) is 10.5. The maximum atomic E-state index is 12.3. The lowest BCUT2D eigenvalue weighted by Crippen LogP contribution is -2.35. The van der Waals surface area contributed by atoms with Crippen LogP contribution in [0.2, 0.25) is 0 Å². The van der Waals surface area contributed by atoms with Crippen molar-refractivity contribution in [3.63, 3.8) is 0 Å². The van der Waals surface area contributed by atoms with Crippen LogP contribution < -0.4 is 5.32 Å². The van der Waals surface area contributed by atoms with Gasteiger partial charge in [0.2, 0.25) is 11.5 Å². The SMILES string of the molecule is CN1CCC(O)(c2cc(-c3cccc(-c4ccnc(Nc5cc(CO)n(C)n5)n4)n3)no2)C1=O. The molecule has 34 heavy (non-hydrogen) atoms. The third-order valence-electron chi connectivity index (χ3n) is 5.74. The molecule has 3 N–H and O–H groups in total. The molecule has 1 unspecified atom stereocenters. The number of pyridine rings is 1. The molecule has 0 aromatic carbocycles. The molecule has 12 heteroatoms. The highest BCUT2D eigenvalue weighted by Gasteiger charge is 2.48. The van der Waals surface area contributed by atoms with E-state index in [1.54, 1.807) is 55.3 Å². The van der Waals surface area contributed by atoms with Gasteiger partial charge in [-0.1, -0.05) is 11.2 Å². The summed E-state index contributed by atoms with van der Waals surface area (Å²) in [7, 11) is 3.37. The van der Waals surface area contributed by atoms with Crippen LogP contribution in [0.3, 0.4) is 0 Å². The molecule has 0 aliphatic carbocycles. The molecule has 1 saturated heterocycles. The molecule has 174 valence electrons. The Morgan fingerprint density at radius 2 is 1.88 bits per heavy atom. The van der Waals surface area contributed by atoms with E-state index in [0.29, 0.717) is 46.8 Å². The van der Waals surface area contributed by atoms with Gasteiger partial charge in [0.1, 0.15) is 5.69 Å². The van der Waals surface area contributed by atoms with Gasteiger partial charge in [0.25, 0.3) is 5.91 Å². The number of rotatable bonds is 6. The topological polar surface area (TPSA) is 155 Å². The number of hydrogen-bond donors (Lipinski definition) is 3. The van der Waals surface area contributed by atoms with Crippen molar-refractivity contribution in [2.24, 2.45) is 7.05 Å². The van der Waals surface area contributed by atoms with Crippen molar-refractivity contribution >= 4 is 17.7 Å². The number of nitrogens with one attached hydrogen (secondary N) is 1. The Hall–Kier alpha value is -4.16. The zero-order valence-corrected chi connectivity index (χ0v) is 18.5. The second-order valence-electron chi connectivity index (χ2n) is 8.01. The van der Waals surface area contributed by atoms with E-state index in [1.165, 1.54) is 11.0 Å². The Kier molecular flexibility index (Phi) is 5.30. The van der Waals surface area contributed by atoms with E-state index < -0.39 is 11.5 Å². The predicted molar refractivity (Wildman–Crippen MR) is 119 cm³/mol. The molecule has 1 amide bonds. The zero-order valence-electron chi connectivity index (χ0n) is 18.5. The van der Waals surface area contributed by atoms with Crippen molar-refractivity contribution in [3.05, 3.63) is 54.0 Å². The van der Waals surface area contributed by atoms with E-state index in [9.17, 15) is 15.0 Å². The van der Waals surface area contributed by atoms with Crippen molar-refractivity contribution in [1.29, 1.82) is 0 Å². The van der Waals surface area contributed by atoms with Gasteiger partial charge < -0.3 is 25.0 Å². The van der Waals surface area contributed by atoms with Gasteiger partial charge in [0.05, 0.1) is 29.4 Å². The minimum absolute atomic E-state index is 0.0928. The molecule has 5 heterocycles. The average Bonchev–Trinajstić information content (AvgIpc) is 3.55. The fourth-order valence-electron chi connectivity index (χ4n) is 3.78. The first kappa shape index (κ1) is 21.7. The lowest BCUT2D eigenvalue weighted by Gasteiger charge is -2.16. The summed E-state index contributed by atoms with van der Waals surface area (Å²) in [5.74, 6) is 0.500. The van der Waals surface area contributed by atoms with E-state index >= 15 is 0 Å². The molecule has 1 aliphatic heterocycles. The molecule has 0 saturated carbocycles. The number of anilines is 2. The fourth-order valence-corrected chi connectivity index (χ4v) is 3.78. The maximum absolute atomic E-state index is 12.3. The number of hydrogen-bond acceptors (Lipinski definition) is 10. The van der Waals surface area contributed by atoms with E-state index in [0.717, 1.165) is 0 Å². The first-order valence-electron chi connectivity index (χ1n) is 10.5. The number of likely N-dealkylation sites (N-methyl/N-ethyl adjacent to an activating group) is 1. The Balaban J connectivity index is 1.40. The smallest absolute Gasteiger partial charge is 0.262 e. The van der Waals surface area contributed by atoms with Crippen LogP contribution in [0, 0.1) is 0 Å². The van der Waals surface area contributed by atoms with E-state index in [-0.39, 0.29) is 18.8 Å². The van der Waals surface area contributed by atoms with E-state index in [1.807, 2.05) is 0 Å². The summed E-state index contributed by atoms with van der Waals surface area (Å²) in [5, 5.41) is 31.4. The molecular weight excluding hydrogens is 440 g/mol. The van der Waals surface area contributed by atoms with Crippen molar-refractivity contribution in [1.82, 2.24) is 34.8 Å². The summed E-state index contributed by atoms with van der Waals surface area (Å²) in [4.78, 5) is 27.1. The van der Waals surface area contributed by atoms with Crippen molar-refractivity contribution in [2.45, 2.75) is 18.6 Å². The fraction of sp³-hybridized carbons (Fsp3) is 0.273. The van der Waals surface area contributed by atoms with Gasteiger partial charge in [-0.15, -0.1) is 0 Å². The Morgan fingerprint density at radius 3 is 2.59 bits per heavy atom. The standard InChI is InChI=1S/C22H22N8O4/c1-29-9-7-22(33,20(29)32)18-11-17(28-34-18)15-5-3-4-14(24-15)16-6-8-23-21(25-16)26-19-10-13(12-31)30(2)27-19/h3-6,8,10-11,31,33H,7,9,12H2,1-2H3,(H,23,25,26,27). The number of likely N-dealkylation sites (tertiary alicyclic amines) is 1. The Labute approximate surface area is 193 Å². The maximum Gasteiger partial charge on any atom is 0.262 e. The average molecular weight is 462 g/mol. The van der Waals surface area contributed by atoms with Gasteiger partial charge in [-0.2, -0.15) is 5.10 Å². The third-order valence-corrected chi connectivity index (χ3v) is 5.74. The van der Waals surface area contributed by atoms with Crippen LogP contribution in [-0.2, 0) is 24.1 Å². The molecule has 0 bridgehead atoms. The first-order chi connectivity index (χ1) is 16.4. The van der Waals surface area contributed by atoms with E-state index in [4.69, 9.17) is 4.52 Å². The molecule has 1 atom stereocenters. The summed E-state index contributed by atoms with van der Waals surface area (Å²) in [6, 6.07) is 10.3. The number of aromatic nitrogens is 6. The number of aryl methyl sites for hydroxylation is 1. The van der Waals surface area contributed by atoms with Crippen LogP contribution in [0.4, 0.5) is 11.8 Å². The number of aliphatic hydroxyl groups is 2. The zero-order chi connectivity index (χ0) is 23.9. The van der Waals surface area contributed by atoms with Gasteiger partial charge in [0, 0.05) is 45.4 Å². The van der Waals surface area contributed by atoms with Gasteiger partial charge in [-0.3, -0.25) is 9.48 Å². The molecule has 0 spiro atoms. The summed E-state index contributed by atoms with van der Waals surface area (Å²) in [6.07, 6.45) is 1.83. The van der Waals surface area contributed by atoms with Gasteiger partial charge in [0.15, 0.2) is 11.6 Å². The number of nitrogens with zero attached hydrogens (tertiary/aromatic N) is 7. The summed E-state index contributed by atoms with van der Waals surface area (Å²) < 4.78 is 6.89. The number of carbonyl (C=O) groups is 1. The lowest BCUT2D eigenvalue weighted by atomic mass is 9.98. The second-order valence-corrected chi connectivity index (χ2v) is 8.01. The Bertz CT molecular complexity index is 1370. The molecule has 5 rings (SSSR count). The molecule has 4 aromatic rings. The van der Waals surface area contributed by atoms with Crippen molar-refractivity contribution in [2.75, 3.05) is 18.9 Å². The van der Waals surface area contributed by atoms with Crippen molar-refractivity contribution < 1.29 is 19.5 Å². The Morgan fingerprint density at radius 1 is 1.12 bits per heavy atom. The van der Waals surface area contributed by atoms with Gasteiger partial charge in [-0.25, -0.2) is 15.0 Å². The summed E-state index contributed by atoms with van der Waals surface area (Å²) in [5.41, 5.74) is 0.959. The van der Waals surface area contributed by atoms with Gasteiger partial charge >= 0.3 is 0 Å². The summed E-state index contributed by atoms with van der Waals surface area (Å²) in [6.45, 7) is 0.303. The predicted octanol–water partition coefficient (Wildman–Crippen LogP) is 1.21. The molecule has 4 aromatic heterocycles. The van der Waals surface area contributed by atoms with Crippen LogP contribution in [0.25, 0.3) is 22.8 Å². The van der Waals surface area contributed by atoms with Crippen LogP contribution in [0.5, 0.6) is 0 Å². The van der Waals surface area contributed by atoms with Crippen LogP contribution in [0.15, 0.2) is 47.1 Å². The highest BCUT2D eigenvalue weighted by Crippen LogP contribution is 2.34. The third kappa shape index (κ3) is 3.78. The molecule has 1 fully saturated rings. The summed E-state index contributed by atoms with van der Waals surface area (Å²) >= 11 is 0. The minimum Gasteiger partial charge on any atom is -0.390 e. The molecular formula is C22H22N8O4. The lowest BCUT2D eigenvalue weighted by molar-refractivity contribution is -0.144. The van der Waals surface area contributed by atoms with Gasteiger partial charge in [-0.05, 0) is 18.2 Å². The van der Waals surface area contributed by atoms with E-state index in [2.05, 4.69) is 30.5 Å². The molecule has 1 aliphatic rings. The van der Waals surface area contributed by atoms with Crippen LogP contribution in [-0.4, -0.2) is 64.5 Å². The highest BCUT2D eigenvalue weighted by molar-refractivity contribution is 5.87. The number of amides is 1. The minimum atomic E-state index is -1.72. The quantitative estimate of drug-likeness (QED) is 0.381. The molecule has 12 nitrogen and oxygen atoms in total. The van der Waals surface area contributed by atoms with Crippen LogP contribution >= 0.6 is 0 Å². The van der Waals surface area contributed by atoms with Crippen molar-refractivity contribution in [3.8, 4) is 22.8 Å². The number of carbonyl (C=O) groups excluding carboxylic acids is 1. The largest absolute Gasteiger partial charge is 0.390 e. The molecule has 0 radical (unpaired) electrons. The second kappa shape index (κ2) is 8.32. The monoisotopic (exact) mass is 462 g/mol. The highest BCUT2D eigenvalue weighted by atomic mass is 16.5. The number of aliphatic hydroxyl groups excluding tert-OH is 1. The normalized spacial score (nSPS) is 18.0.